The lowest BCUT2D eigenvalue weighted by atomic mass is 10.0. The first-order valence-electron chi connectivity index (χ1n) is 7.03. The number of rotatable bonds is 8. The molecule has 0 bridgehead atoms. The highest BCUT2D eigenvalue weighted by Crippen LogP contribution is 2.19. The van der Waals surface area contributed by atoms with Gasteiger partial charge in [0.05, 0.1) is 11.3 Å². The molecule has 1 heterocycles. The molecular weight excluding hydrogens is 236 g/mol. The minimum atomic E-state index is 0.449. The summed E-state index contributed by atoms with van der Waals surface area (Å²) in [6.45, 7) is 5.38. The second kappa shape index (κ2) is 8.36. The number of hydrogen-bond donors (Lipinski definition) is 2. The molecule has 0 aromatic carbocycles. The minimum Gasteiger partial charge on any atom is -0.395 e. The number of anilines is 2. The summed E-state index contributed by atoms with van der Waals surface area (Å²) in [5.74, 6) is 1.43. The van der Waals surface area contributed by atoms with E-state index in [9.17, 15) is 0 Å². The van der Waals surface area contributed by atoms with Crippen LogP contribution in [0.3, 0.4) is 0 Å². The van der Waals surface area contributed by atoms with E-state index in [4.69, 9.17) is 11.0 Å². The standard InChI is InChI=1S/C15H24N4/c1-12(2)7-5-3-4-6-9-18-15-14(17)13(11-16)8-10-19-15/h8,10,12H,3-7,9,17H2,1-2H3,(H,18,19). The minimum absolute atomic E-state index is 0.449. The molecule has 0 aliphatic carbocycles. The van der Waals surface area contributed by atoms with Gasteiger partial charge < -0.3 is 11.1 Å². The van der Waals surface area contributed by atoms with Crippen LogP contribution < -0.4 is 11.1 Å². The maximum absolute atomic E-state index is 8.87. The molecule has 0 amide bonds. The van der Waals surface area contributed by atoms with Gasteiger partial charge in [-0.3, -0.25) is 0 Å². The molecular formula is C15H24N4. The van der Waals surface area contributed by atoms with Crippen LogP contribution in [0.4, 0.5) is 11.5 Å². The van der Waals surface area contributed by atoms with Crippen molar-refractivity contribution in [1.29, 1.82) is 5.26 Å². The van der Waals surface area contributed by atoms with E-state index in [1.807, 2.05) is 0 Å². The van der Waals surface area contributed by atoms with Crippen LogP contribution in [0.1, 0.15) is 51.5 Å². The number of aromatic nitrogens is 1. The second-order valence-corrected chi connectivity index (χ2v) is 5.26. The van der Waals surface area contributed by atoms with Crippen molar-refractivity contribution in [2.75, 3.05) is 17.6 Å². The third-order valence-corrected chi connectivity index (χ3v) is 3.11. The number of nitrogen functional groups attached to an aromatic ring is 1. The van der Waals surface area contributed by atoms with E-state index >= 15 is 0 Å². The SMILES string of the molecule is CC(C)CCCCCCNc1nccc(C#N)c1N. The summed E-state index contributed by atoms with van der Waals surface area (Å²) in [4.78, 5) is 4.16. The summed E-state index contributed by atoms with van der Waals surface area (Å²) in [5, 5.41) is 12.1. The van der Waals surface area contributed by atoms with Crippen molar-refractivity contribution < 1.29 is 0 Å². The monoisotopic (exact) mass is 260 g/mol. The lowest BCUT2D eigenvalue weighted by Gasteiger charge is -2.09. The molecule has 0 radical (unpaired) electrons. The van der Waals surface area contributed by atoms with Crippen molar-refractivity contribution in [2.45, 2.75) is 46.0 Å². The van der Waals surface area contributed by atoms with Gasteiger partial charge in [-0.25, -0.2) is 4.98 Å². The van der Waals surface area contributed by atoms with E-state index in [0.717, 1.165) is 18.9 Å². The Morgan fingerprint density at radius 1 is 1.32 bits per heavy atom. The zero-order valence-electron chi connectivity index (χ0n) is 11.9. The van der Waals surface area contributed by atoms with Gasteiger partial charge in [-0.15, -0.1) is 0 Å². The molecule has 0 spiro atoms. The van der Waals surface area contributed by atoms with Gasteiger partial charge in [0.1, 0.15) is 6.07 Å². The number of nitrogens with zero attached hydrogens (tertiary/aromatic N) is 2. The molecule has 0 fully saturated rings. The topological polar surface area (TPSA) is 74.7 Å². The first-order chi connectivity index (χ1) is 9.15. The molecule has 4 heteroatoms. The van der Waals surface area contributed by atoms with Crippen molar-refractivity contribution in [3.05, 3.63) is 17.8 Å². The van der Waals surface area contributed by atoms with Gasteiger partial charge in [0.25, 0.3) is 0 Å². The Bertz CT molecular complexity index is 421. The maximum Gasteiger partial charge on any atom is 0.150 e. The zero-order valence-corrected chi connectivity index (χ0v) is 11.9. The molecule has 0 aliphatic rings. The van der Waals surface area contributed by atoms with E-state index < -0.39 is 0 Å². The van der Waals surface area contributed by atoms with Crippen molar-refractivity contribution in [3.63, 3.8) is 0 Å². The van der Waals surface area contributed by atoms with E-state index in [0.29, 0.717) is 17.1 Å². The molecule has 0 unspecified atom stereocenters. The van der Waals surface area contributed by atoms with E-state index in [1.165, 1.54) is 25.7 Å². The third kappa shape index (κ3) is 5.60. The Balaban J connectivity index is 2.22. The average Bonchev–Trinajstić information content (AvgIpc) is 2.39. The molecule has 19 heavy (non-hydrogen) atoms. The van der Waals surface area contributed by atoms with Gasteiger partial charge in [0, 0.05) is 12.7 Å². The molecule has 0 atom stereocenters. The van der Waals surface area contributed by atoms with E-state index in [-0.39, 0.29) is 0 Å². The fourth-order valence-corrected chi connectivity index (χ4v) is 1.95. The van der Waals surface area contributed by atoms with Gasteiger partial charge in [-0.2, -0.15) is 5.26 Å². The Kier molecular flexibility index (Phi) is 6.73. The van der Waals surface area contributed by atoms with Crippen LogP contribution in [0.5, 0.6) is 0 Å². The predicted octanol–water partition coefficient (Wildman–Crippen LogP) is 3.55. The number of nitrogens with two attached hydrogens (primary N) is 1. The summed E-state index contributed by atoms with van der Waals surface area (Å²) < 4.78 is 0. The van der Waals surface area contributed by atoms with Gasteiger partial charge in [0.2, 0.25) is 0 Å². The van der Waals surface area contributed by atoms with Crippen LogP contribution in [-0.2, 0) is 0 Å². The fraction of sp³-hybridized carbons (Fsp3) is 0.600. The van der Waals surface area contributed by atoms with E-state index in [2.05, 4.69) is 30.2 Å². The quantitative estimate of drug-likeness (QED) is 0.701. The van der Waals surface area contributed by atoms with Gasteiger partial charge in [0.15, 0.2) is 5.82 Å². The second-order valence-electron chi connectivity index (χ2n) is 5.26. The van der Waals surface area contributed by atoms with Crippen LogP contribution in [-0.4, -0.2) is 11.5 Å². The van der Waals surface area contributed by atoms with Crippen LogP contribution in [0.25, 0.3) is 0 Å². The highest BCUT2D eigenvalue weighted by atomic mass is 15.0. The summed E-state index contributed by atoms with van der Waals surface area (Å²) in [6, 6.07) is 3.69. The summed E-state index contributed by atoms with van der Waals surface area (Å²) in [5.41, 5.74) is 6.77. The van der Waals surface area contributed by atoms with Crippen molar-refractivity contribution in [1.82, 2.24) is 4.98 Å². The van der Waals surface area contributed by atoms with Crippen LogP contribution in [0.15, 0.2) is 12.3 Å². The normalized spacial score (nSPS) is 10.4. The average molecular weight is 260 g/mol. The van der Waals surface area contributed by atoms with Crippen molar-refractivity contribution in [3.8, 4) is 6.07 Å². The smallest absolute Gasteiger partial charge is 0.150 e. The summed E-state index contributed by atoms with van der Waals surface area (Å²) in [6.07, 6.45) is 7.84. The fourth-order valence-electron chi connectivity index (χ4n) is 1.95. The molecule has 104 valence electrons. The molecule has 1 aromatic rings. The predicted molar refractivity (Wildman–Crippen MR) is 79.8 cm³/mol. The molecule has 0 saturated heterocycles. The number of nitriles is 1. The van der Waals surface area contributed by atoms with Crippen molar-refractivity contribution >= 4 is 11.5 Å². The Labute approximate surface area is 116 Å². The Morgan fingerprint density at radius 3 is 2.74 bits per heavy atom. The van der Waals surface area contributed by atoms with Gasteiger partial charge in [-0.05, 0) is 18.4 Å². The number of hydrogen-bond acceptors (Lipinski definition) is 4. The van der Waals surface area contributed by atoms with Crippen molar-refractivity contribution in [2.24, 2.45) is 5.92 Å². The molecule has 4 nitrogen and oxygen atoms in total. The van der Waals surface area contributed by atoms with E-state index in [1.54, 1.807) is 12.3 Å². The molecule has 1 rings (SSSR count). The van der Waals surface area contributed by atoms with Crippen LogP contribution in [0, 0.1) is 17.2 Å². The Hall–Kier alpha value is -1.76. The zero-order chi connectivity index (χ0) is 14.1. The number of pyridine rings is 1. The highest BCUT2D eigenvalue weighted by molar-refractivity contribution is 5.68. The largest absolute Gasteiger partial charge is 0.395 e. The molecule has 0 aliphatic heterocycles. The summed E-state index contributed by atoms with van der Waals surface area (Å²) in [7, 11) is 0. The third-order valence-electron chi connectivity index (χ3n) is 3.11. The maximum atomic E-state index is 8.87. The lowest BCUT2D eigenvalue weighted by Crippen LogP contribution is -2.07. The van der Waals surface area contributed by atoms with Crippen LogP contribution in [0.2, 0.25) is 0 Å². The van der Waals surface area contributed by atoms with Crippen LogP contribution >= 0.6 is 0 Å². The number of unbranched alkanes of at least 4 members (excludes halogenated alkanes) is 3. The first kappa shape index (κ1) is 15.3. The lowest BCUT2D eigenvalue weighted by molar-refractivity contribution is 0.523. The summed E-state index contributed by atoms with van der Waals surface area (Å²) >= 11 is 0. The molecule has 0 saturated carbocycles. The highest BCUT2D eigenvalue weighted by Gasteiger charge is 2.04. The first-order valence-corrected chi connectivity index (χ1v) is 7.03. The number of nitrogens with one attached hydrogen (secondary N) is 1. The molecule has 3 N–H and O–H groups in total. The van der Waals surface area contributed by atoms with Gasteiger partial charge >= 0.3 is 0 Å². The Morgan fingerprint density at radius 2 is 2.05 bits per heavy atom. The van der Waals surface area contributed by atoms with Gasteiger partial charge in [-0.1, -0.05) is 39.5 Å². The molecule has 1 aromatic heterocycles.